The van der Waals surface area contributed by atoms with Crippen molar-refractivity contribution in [2.45, 2.75) is 45.7 Å². The fraction of sp³-hybridized carbons (Fsp3) is 0.700. The lowest BCUT2D eigenvalue weighted by Gasteiger charge is -2.23. The molecule has 0 aliphatic carbocycles. The van der Waals surface area contributed by atoms with Gasteiger partial charge in [0.15, 0.2) is 0 Å². The van der Waals surface area contributed by atoms with Gasteiger partial charge < -0.3 is 5.73 Å². The van der Waals surface area contributed by atoms with Gasteiger partial charge in [-0.15, -0.1) is 0 Å². The molecule has 0 spiro atoms. The zero-order valence-electron chi connectivity index (χ0n) is 9.46. The van der Waals surface area contributed by atoms with Gasteiger partial charge in [-0.25, -0.2) is 8.78 Å². The Bertz CT molecular complexity index is 337. The predicted octanol–water partition coefficient (Wildman–Crippen LogP) is 2.60. The highest BCUT2D eigenvalue weighted by atomic mass is 19.3. The lowest BCUT2D eigenvalue weighted by molar-refractivity contribution is 0.143. The normalized spacial score (nSPS) is 14.7. The molecule has 1 heterocycles. The number of nitrogens with zero attached hydrogens (tertiary/aromatic N) is 2. The maximum Gasteiger partial charge on any atom is 0.282 e. The van der Waals surface area contributed by atoms with Crippen molar-refractivity contribution in [3.8, 4) is 0 Å². The van der Waals surface area contributed by atoms with Crippen LogP contribution in [0.5, 0.6) is 0 Å². The van der Waals surface area contributed by atoms with Crippen molar-refractivity contribution in [1.82, 2.24) is 9.78 Å². The van der Waals surface area contributed by atoms with Gasteiger partial charge in [0.1, 0.15) is 5.69 Å². The molecule has 0 amide bonds. The minimum absolute atomic E-state index is 0.211. The zero-order valence-corrected chi connectivity index (χ0v) is 9.46. The third kappa shape index (κ3) is 2.53. The average molecular weight is 217 g/mol. The van der Waals surface area contributed by atoms with Crippen molar-refractivity contribution >= 4 is 0 Å². The summed E-state index contributed by atoms with van der Waals surface area (Å²) < 4.78 is 26.6. The molecule has 15 heavy (non-hydrogen) atoms. The van der Waals surface area contributed by atoms with Crippen LogP contribution in [-0.4, -0.2) is 9.78 Å². The van der Waals surface area contributed by atoms with E-state index in [1.165, 1.54) is 6.07 Å². The molecule has 1 aromatic heterocycles. The molecule has 5 heteroatoms. The van der Waals surface area contributed by atoms with E-state index in [-0.39, 0.29) is 17.3 Å². The Morgan fingerprint density at radius 1 is 1.40 bits per heavy atom. The van der Waals surface area contributed by atoms with E-state index < -0.39 is 6.43 Å². The van der Waals surface area contributed by atoms with E-state index in [1.807, 2.05) is 20.8 Å². The third-order valence-electron chi connectivity index (χ3n) is 2.08. The Hall–Kier alpha value is -0.970. The quantitative estimate of drug-likeness (QED) is 0.827. The zero-order chi connectivity index (χ0) is 11.8. The molecule has 86 valence electrons. The molecule has 1 atom stereocenters. The van der Waals surface area contributed by atoms with Crippen LogP contribution in [0.3, 0.4) is 0 Å². The first kappa shape index (κ1) is 12.1. The lowest BCUT2D eigenvalue weighted by atomic mass is 10.1. The minimum Gasteiger partial charge on any atom is -0.323 e. The smallest absolute Gasteiger partial charge is 0.282 e. The van der Waals surface area contributed by atoms with Crippen molar-refractivity contribution in [2.24, 2.45) is 5.73 Å². The standard InChI is InChI=1S/C10H17F2N3/c1-6(13)8-5-7(9(11)12)14-15(8)10(2,3)4/h5-6,9H,13H2,1-4H3/t6-/m1/s1. The van der Waals surface area contributed by atoms with Crippen molar-refractivity contribution in [3.05, 3.63) is 17.5 Å². The molecule has 0 aromatic carbocycles. The molecule has 2 N–H and O–H groups in total. The second-order valence-corrected chi connectivity index (χ2v) is 4.67. The monoisotopic (exact) mass is 217 g/mol. The maximum atomic E-state index is 12.5. The number of hydrogen-bond acceptors (Lipinski definition) is 2. The molecule has 0 aliphatic rings. The molecule has 3 nitrogen and oxygen atoms in total. The fourth-order valence-corrected chi connectivity index (χ4v) is 1.38. The Morgan fingerprint density at radius 3 is 2.20 bits per heavy atom. The van der Waals surface area contributed by atoms with Gasteiger partial charge in [-0.3, -0.25) is 4.68 Å². The van der Waals surface area contributed by atoms with E-state index in [0.29, 0.717) is 5.69 Å². The largest absolute Gasteiger partial charge is 0.323 e. The Morgan fingerprint density at radius 2 is 1.93 bits per heavy atom. The van der Waals surface area contributed by atoms with Gasteiger partial charge in [0, 0.05) is 6.04 Å². The van der Waals surface area contributed by atoms with Gasteiger partial charge in [-0.2, -0.15) is 5.10 Å². The van der Waals surface area contributed by atoms with Crippen LogP contribution in [0.4, 0.5) is 8.78 Å². The van der Waals surface area contributed by atoms with Crippen LogP contribution < -0.4 is 5.73 Å². The van der Waals surface area contributed by atoms with Crippen molar-refractivity contribution in [1.29, 1.82) is 0 Å². The molecule has 0 saturated carbocycles. The van der Waals surface area contributed by atoms with Gasteiger partial charge in [0.25, 0.3) is 6.43 Å². The molecule has 0 aliphatic heterocycles. The van der Waals surface area contributed by atoms with E-state index >= 15 is 0 Å². The van der Waals surface area contributed by atoms with Crippen LogP contribution >= 0.6 is 0 Å². The molecular weight excluding hydrogens is 200 g/mol. The summed E-state index contributed by atoms with van der Waals surface area (Å²) in [5, 5.41) is 3.89. The number of aromatic nitrogens is 2. The van der Waals surface area contributed by atoms with Crippen LogP contribution in [0.15, 0.2) is 6.07 Å². The minimum atomic E-state index is -2.55. The summed E-state index contributed by atoms with van der Waals surface area (Å²) in [5.41, 5.74) is 5.81. The van der Waals surface area contributed by atoms with E-state index in [2.05, 4.69) is 5.10 Å². The summed E-state index contributed by atoms with van der Waals surface area (Å²) in [6.07, 6.45) is -2.55. The molecule has 0 saturated heterocycles. The van der Waals surface area contributed by atoms with Crippen LogP contribution in [0.25, 0.3) is 0 Å². The predicted molar refractivity (Wildman–Crippen MR) is 54.8 cm³/mol. The molecule has 0 unspecified atom stereocenters. The summed E-state index contributed by atoms with van der Waals surface area (Å²) >= 11 is 0. The number of hydrogen-bond donors (Lipinski definition) is 1. The number of nitrogens with two attached hydrogens (primary N) is 1. The van der Waals surface area contributed by atoms with Crippen LogP contribution in [0.1, 0.15) is 51.6 Å². The van der Waals surface area contributed by atoms with Crippen LogP contribution in [0, 0.1) is 0 Å². The number of rotatable bonds is 2. The van der Waals surface area contributed by atoms with Crippen molar-refractivity contribution in [2.75, 3.05) is 0 Å². The Balaban J connectivity index is 3.24. The topological polar surface area (TPSA) is 43.8 Å². The second kappa shape index (κ2) is 3.89. The Labute approximate surface area is 88.3 Å². The summed E-state index contributed by atoms with van der Waals surface area (Å²) in [6.45, 7) is 7.47. The van der Waals surface area contributed by atoms with E-state index in [9.17, 15) is 8.78 Å². The summed E-state index contributed by atoms with van der Waals surface area (Å²) in [7, 11) is 0. The highest BCUT2D eigenvalue weighted by Gasteiger charge is 2.24. The molecular formula is C10H17F2N3. The summed E-state index contributed by atoms with van der Waals surface area (Å²) in [4.78, 5) is 0. The first-order valence-electron chi connectivity index (χ1n) is 4.87. The molecule has 0 bridgehead atoms. The third-order valence-corrected chi connectivity index (χ3v) is 2.08. The summed E-state index contributed by atoms with van der Waals surface area (Å²) in [5.74, 6) is 0. The lowest BCUT2D eigenvalue weighted by Crippen LogP contribution is -2.27. The van der Waals surface area contributed by atoms with Gasteiger partial charge >= 0.3 is 0 Å². The number of halogens is 2. The van der Waals surface area contributed by atoms with Gasteiger partial charge in [-0.05, 0) is 33.8 Å². The maximum absolute atomic E-state index is 12.5. The van der Waals surface area contributed by atoms with E-state index in [0.717, 1.165) is 0 Å². The summed E-state index contributed by atoms with van der Waals surface area (Å²) in [6, 6.07) is 1.07. The Kier molecular flexibility index (Phi) is 3.13. The van der Waals surface area contributed by atoms with E-state index in [4.69, 9.17) is 5.73 Å². The van der Waals surface area contributed by atoms with Gasteiger partial charge in [0.2, 0.25) is 0 Å². The fourth-order valence-electron chi connectivity index (χ4n) is 1.38. The molecule has 0 fully saturated rings. The van der Waals surface area contributed by atoms with Gasteiger partial charge in [0.05, 0.1) is 11.2 Å². The molecule has 1 aromatic rings. The highest BCUT2D eigenvalue weighted by molar-refractivity contribution is 5.16. The first-order valence-corrected chi connectivity index (χ1v) is 4.87. The van der Waals surface area contributed by atoms with E-state index in [1.54, 1.807) is 11.6 Å². The highest BCUT2D eigenvalue weighted by Crippen LogP contribution is 2.25. The van der Waals surface area contributed by atoms with Gasteiger partial charge in [-0.1, -0.05) is 0 Å². The molecule has 0 radical (unpaired) electrons. The van der Waals surface area contributed by atoms with Crippen LogP contribution in [-0.2, 0) is 5.54 Å². The van der Waals surface area contributed by atoms with Crippen LogP contribution in [0.2, 0.25) is 0 Å². The first-order chi connectivity index (χ1) is 6.73. The SMILES string of the molecule is C[C@@H](N)c1cc(C(F)F)nn1C(C)(C)C. The van der Waals surface area contributed by atoms with Crippen molar-refractivity contribution in [3.63, 3.8) is 0 Å². The van der Waals surface area contributed by atoms with Crippen molar-refractivity contribution < 1.29 is 8.78 Å². The second-order valence-electron chi connectivity index (χ2n) is 4.67. The number of alkyl halides is 2. The average Bonchev–Trinajstić information content (AvgIpc) is 2.45. The molecule has 1 rings (SSSR count).